The Kier molecular flexibility index (Phi) is 4.60. The zero-order valence-electron chi connectivity index (χ0n) is 10.0. The molecule has 19 heavy (non-hydrogen) atoms. The van der Waals surface area contributed by atoms with E-state index in [1.807, 2.05) is 0 Å². The Bertz CT molecular complexity index is 602. The van der Waals surface area contributed by atoms with Crippen LogP contribution in [0.15, 0.2) is 50.7 Å². The predicted octanol–water partition coefficient (Wildman–Crippen LogP) is 4.93. The fourth-order valence-corrected chi connectivity index (χ4v) is 3.05. The second kappa shape index (κ2) is 6.03. The van der Waals surface area contributed by atoms with E-state index in [2.05, 4.69) is 15.9 Å². The maximum absolute atomic E-state index is 13.6. The van der Waals surface area contributed by atoms with Crippen LogP contribution in [0.1, 0.15) is 18.6 Å². The SMILES string of the molecule is CC(O)c1cc(Br)ccc1Sc1cc(F)ccc1F. The molecule has 1 atom stereocenters. The fourth-order valence-electron chi connectivity index (χ4n) is 1.61. The van der Waals surface area contributed by atoms with Crippen LogP contribution in [0.3, 0.4) is 0 Å². The molecular weight excluding hydrogens is 334 g/mol. The second-order valence-corrected chi connectivity index (χ2v) is 6.03. The minimum absolute atomic E-state index is 0.198. The Morgan fingerprint density at radius 3 is 2.53 bits per heavy atom. The van der Waals surface area contributed by atoms with Gasteiger partial charge in [0.1, 0.15) is 11.6 Å². The van der Waals surface area contributed by atoms with Crippen LogP contribution in [0.4, 0.5) is 8.78 Å². The summed E-state index contributed by atoms with van der Waals surface area (Å²) in [5.74, 6) is -0.967. The lowest BCUT2D eigenvalue weighted by molar-refractivity contribution is 0.196. The van der Waals surface area contributed by atoms with Crippen molar-refractivity contribution >= 4 is 27.7 Å². The van der Waals surface area contributed by atoms with E-state index in [1.165, 1.54) is 0 Å². The van der Waals surface area contributed by atoms with Crippen LogP contribution >= 0.6 is 27.7 Å². The summed E-state index contributed by atoms with van der Waals surface area (Å²) in [7, 11) is 0. The first-order valence-electron chi connectivity index (χ1n) is 5.58. The number of aliphatic hydroxyl groups is 1. The van der Waals surface area contributed by atoms with Gasteiger partial charge >= 0.3 is 0 Å². The first-order valence-corrected chi connectivity index (χ1v) is 7.18. The van der Waals surface area contributed by atoms with Crippen molar-refractivity contribution in [3.8, 4) is 0 Å². The third-order valence-electron chi connectivity index (χ3n) is 2.54. The Labute approximate surface area is 122 Å². The summed E-state index contributed by atoms with van der Waals surface area (Å²) in [6.45, 7) is 1.63. The molecule has 0 aromatic heterocycles. The Balaban J connectivity index is 2.40. The summed E-state index contributed by atoms with van der Waals surface area (Å²) in [4.78, 5) is 0.895. The highest BCUT2D eigenvalue weighted by molar-refractivity contribution is 9.10. The lowest BCUT2D eigenvalue weighted by atomic mass is 10.1. The predicted molar refractivity (Wildman–Crippen MR) is 75.3 cm³/mol. The van der Waals surface area contributed by atoms with Crippen LogP contribution in [0, 0.1) is 11.6 Å². The van der Waals surface area contributed by atoms with Gasteiger partial charge in [0.15, 0.2) is 0 Å². The van der Waals surface area contributed by atoms with Gasteiger partial charge in [0.05, 0.1) is 11.0 Å². The second-order valence-electron chi connectivity index (χ2n) is 4.03. The number of benzene rings is 2. The third kappa shape index (κ3) is 3.55. The average molecular weight is 345 g/mol. The van der Waals surface area contributed by atoms with E-state index >= 15 is 0 Å². The van der Waals surface area contributed by atoms with E-state index < -0.39 is 17.7 Å². The van der Waals surface area contributed by atoms with Crippen LogP contribution in [-0.2, 0) is 0 Å². The van der Waals surface area contributed by atoms with Gasteiger partial charge in [0.2, 0.25) is 0 Å². The van der Waals surface area contributed by atoms with Crippen LogP contribution < -0.4 is 0 Å². The Hall–Kier alpha value is -0.910. The summed E-state index contributed by atoms with van der Waals surface area (Å²) in [5.41, 5.74) is 0.669. The molecule has 0 aliphatic heterocycles. The maximum atomic E-state index is 13.6. The van der Waals surface area contributed by atoms with E-state index in [0.29, 0.717) is 10.5 Å². The van der Waals surface area contributed by atoms with Crippen LogP contribution in [0.5, 0.6) is 0 Å². The highest BCUT2D eigenvalue weighted by Gasteiger charge is 2.12. The smallest absolute Gasteiger partial charge is 0.137 e. The van der Waals surface area contributed by atoms with Gasteiger partial charge < -0.3 is 5.11 Å². The quantitative estimate of drug-likeness (QED) is 0.851. The van der Waals surface area contributed by atoms with Gasteiger partial charge in [-0.25, -0.2) is 8.78 Å². The highest BCUT2D eigenvalue weighted by atomic mass is 79.9. The molecule has 1 unspecified atom stereocenters. The van der Waals surface area contributed by atoms with Crippen molar-refractivity contribution in [2.45, 2.75) is 22.8 Å². The lowest BCUT2D eigenvalue weighted by Crippen LogP contribution is -1.94. The van der Waals surface area contributed by atoms with Crippen molar-refractivity contribution in [2.75, 3.05) is 0 Å². The molecule has 0 radical (unpaired) electrons. The summed E-state index contributed by atoms with van der Waals surface area (Å²) >= 11 is 4.42. The number of hydrogen-bond donors (Lipinski definition) is 1. The topological polar surface area (TPSA) is 20.2 Å². The molecule has 5 heteroatoms. The van der Waals surface area contributed by atoms with Crippen molar-refractivity contribution in [2.24, 2.45) is 0 Å². The van der Waals surface area contributed by atoms with Gasteiger partial charge in [0, 0.05) is 9.37 Å². The van der Waals surface area contributed by atoms with Crippen LogP contribution in [-0.4, -0.2) is 5.11 Å². The molecular formula is C14H11BrF2OS. The maximum Gasteiger partial charge on any atom is 0.137 e. The molecule has 2 aromatic carbocycles. The van der Waals surface area contributed by atoms with Crippen molar-refractivity contribution in [1.29, 1.82) is 0 Å². The molecule has 1 N–H and O–H groups in total. The molecule has 0 bridgehead atoms. The summed E-state index contributed by atoms with van der Waals surface area (Å²) in [5, 5.41) is 9.73. The molecule has 0 amide bonds. The molecule has 0 heterocycles. The normalized spacial score (nSPS) is 12.5. The van der Waals surface area contributed by atoms with Gasteiger partial charge in [0.25, 0.3) is 0 Å². The number of rotatable bonds is 3. The summed E-state index contributed by atoms with van der Waals surface area (Å²) < 4.78 is 27.6. The molecule has 1 nitrogen and oxygen atoms in total. The number of hydrogen-bond acceptors (Lipinski definition) is 2. The highest BCUT2D eigenvalue weighted by Crippen LogP contribution is 2.36. The number of halogens is 3. The van der Waals surface area contributed by atoms with Gasteiger partial charge in [-0.1, -0.05) is 27.7 Å². The monoisotopic (exact) mass is 344 g/mol. The van der Waals surface area contributed by atoms with Crippen molar-refractivity contribution < 1.29 is 13.9 Å². The molecule has 0 aliphatic rings. The Morgan fingerprint density at radius 1 is 1.11 bits per heavy atom. The summed E-state index contributed by atoms with van der Waals surface area (Å²) in [6, 6.07) is 8.65. The fraction of sp³-hybridized carbons (Fsp3) is 0.143. The molecule has 0 fully saturated rings. The van der Waals surface area contributed by atoms with Gasteiger partial charge in [-0.05, 0) is 48.9 Å². The molecule has 100 valence electrons. The first kappa shape index (κ1) is 14.5. The standard InChI is InChI=1S/C14H11BrF2OS/c1-8(18)11-6-9(15)2-5-13(11)19-14-7-10(16)3-4-12(14)17/h2-8,18H,1H3. The van der Waals surface area contributed by atoms with Crippen molar-refractivity contribution in [1.82, 2.24) is 0 Å². The first-order chi connectivity index (χ1) is 8.97. The lowest BCUT2D eigenvalue weighted by Gasteiger charge is -2.12. The van der Waals surface area contributed by atoms with E-state index in [9.17, 15) is 13.9 Å². The van der Waals surface area contributed by atoms with Crippen LogP contribution in [0.25, 0.3) is 0 Å². The number of aliphatic hydroxyl groups excluding tert-OH is 1. The van der Waals surface area contributed by atoms with Crippen molar-refractivity contribution in [3.05, 3.63) is 58.1 Å². The third-order valence-corrected chi connectivity index (χ3v) is 4.15. The van der Waals surface area contributed by atoms with E-state index in [4.69, 9.17) is 0 Å². The van der Waals surface area contributed by atoms with Gasteiger partial charge in [-0.15, -0.1) is 0 Å². The molecule has 0 spiro atoms. The summed E-state index contributed by atoms with van der Waals surface area (Å²) in [6.07, 6.45) is -0.684. The Morgan fingerprint density at radius 2 is 1.84 bits per heavy atom. The average Bonchev–Trinajstić information content (AvgIpc) is 2.35. The molecule has 0 aliphatic carbocycles. The molecule has 2 aromatic rings. The van der Waals surface area contributed by atoms with Gasteiger partial charge in [-0.3, -0.25) is 0 Å². The zero-order valence-corrected chi connectivity index (χ0v) is 12.4. The minimum atomic E-state index is -0.684. The minimum Gasteiger partial charge on any atom is -0.389 e. The van der Waals surface area contributed by atoms with E-state index in [1.54, 1.807) is 25.1 Å². The van der Waals surface area contributed by atoms with Crippen molar-refractivity contribution in [3.63, 3.8) is 0 Å². The molecule has 2 rings (SSSR count). The van der Waals surface area contributed by atoms with Crippen LogP contribution in [0.2, 0.25) is 0 Å². The molecule has 0 saturated heterocycles. The van der Waals surface area contributed by atoms with E-state index in [-0.39, 0.29) is 4.90 Å². The van der Waals surface area contributed by atoms with Gasteiger partial charge in [-0.2, -0.15) is 0 Å². The zero-order chi connectivity index (χ0) is 14.0. The largest absolute Gasteiger partial charge is 0.389 e. The van der Waals surface area contributed by atoms with E-state index in [0.717, 1.165) is 34.4 Å². The molecule has 0 saturated carbocycles.